The van der Waals surface area contributed by atoms with Gasteiger partial charge in [-0.2, -0.15) is 0 Å². The van der Waals surface area contributed by atoms with Gasteiger partial charge in [0.25, 0.3) is 0 Å². The Hall–Kier alpha value is -2.04. The first kappa shape index (κ1) is 17.0. The van der Waals surface area contributed by atoms with Crippen LogP contribution in [-0.4, -0.2) is 37.4 Å². The Kier molecular flexibility index (Phi) is 7.29. The fraction of sp³-hybridized carbons (Fsp3) is 0.500. The molecule has 0 atom stereocenters. The molecule has 5 nitrogen and oxygen atoms in total. The number of nitrogens with one attached hydrogen (secondary N) is 2. The summed E-state index contributed by atoms with van der Waals surface area (Å²) in [6.45, 7) is 2.35. The maximum atomic E-state index is 11.8. The van der Waals surface area contributed by atoms with Crippen molar-refractivity contribution in [3.05, 3.63) is 24.3 Å². The maximum Gasteiger partial charge on any atom is 0.241 e. The molecule has 0 bridgehead atoms. The van der Waals surface area contributed by atoms with Crippen LogP contribution < -0.4 is 10.6 Å². The van der Waals surface area contributed by atoms with E-state index in [-0.39, 0.29) is 18.4 Å². The van der Waals surface area contributed by atoms with E-state index in [1.807, 2.05) is 24.3 Å². The lowest BCUT2D eigenvalue weighted by atomic mass is 10.2. The van der Waals surface area contributed by atoms with Crippen LogP contribution in [0.1, 0.15) is 32.6 Å². The maximum absolute atomic E-state index is 11.8. The number of hydrogen-bond acceptors (Lipinski definition) is 3. The van der Waals surface area contributed by atoms with E-state index in [0.717, 1.165) is 30.6 Å². The predicted octanol–water partition coefficient (Wildman–Crippen LogP) is 2.71. The molecule has 0 fully saturated rings. The smallest absolute Gasteiger partial charge is 0.241 e. The van der Waals surface area contributed by atoms with Gasteiger partial charge in [0.15, 0.2) is 0 Å². The molecular weight excluding hydrogens is 266 g/mol. The summed E-state index contributed by atoms with van der Waals surface area (Å²) in [6.07, 6.45) is 3.64. The monoisotopic (exact) mass is 291 g/mol. The lowest BCUT2D eigenvalue weighted by Gasteiger charge is -2.12. The van der Waals surface area contributed by atoms with Gasteiger partial charge in [-0.1, -0.05) is 25.8 Å². The Balaban J connectivity index is 2.48. The van der Waals surface area contributed by atoms with Crippen LogP contribution in [0.25, 0.3) is 0 Å². The Labute approximate surface area is 126 Å². The number of hydrogen-bond donors (Lipinski definition) is 2. The van der Waals surface area contributed by atoms with Crippen LogP contribution in [0.5, 0.6) is 0 Å². The zero-order valence-electron chi connectivity index (χ0n) is 13.1. The summed E-state index contributed by atoms with van der Waals surface area (Å²) in [5.41, 5.74) is 1.57. The van der Waals surface area contributed by atoms with E-state index in [1.54, 1.807) is 14.1 Å². The van der Waals surface area contributed by atoms with Crippen molar-refractivity contribution >= 4 is 23.2 Å². The first-order valence-electron chi connectivity index (χ1n) is 7.37. The molecule has 2 amide bonds. The van der Waals surface area contributed by atoms with E-state index in [9.17, 15) is 9.59 Å². The molecule has 2 N–H and O–H groups in total. The topological polar surface area (TPSA) is 61.4 Å². The number of anilines is 2. The lowest BCUT2D eigenvalue weighted by molar-refractivity contribution is -0.126. The number of unbranched alkanes of at least 4 members (excludes halogenated alkanes) is 2. The van der Waals surface area contributed by atoms with Crippen molar-refractivity contribution in [1.29, 1.82) is 0 Å². The quantitative estimate of drug-likeness (QED) is 0.724. The molecule has 116 valence electrons. The number of benzene rings is 1. The molecule has 0 saturated heterocycles. The van der Waals surface area contributed by atoms with Gasteiger partial charge >= 0.3 is 0 Å². The number of nitrogens with zero attached hydrogens (tertiary/aromatic N) is 1. The van der Waals surface area contributed by atoms with Gasteiger partial charge in [-0.25, -0.2) is 0 Å². The number of likely N-dealkylation sites (N-methyl/N-ethyl adjacent to an activating group) is 1. The van der Waals surface area contributed by atoms with Crippen LogP contribution in [-0.2, 0) is 9.59 Å². The second-order valence-corrected chi connectivity index (χ2v) is 5.23. The summed E-state index contributed by atoms with van der Waals surface area (Å²) in [7, 11) is 3.44. The standard InChI is InChI=1S/C16H25N3O2/c1-4-5-6-10-15(20)18-14-9-7-8-13(11-14)17-12-16(21)19(2)3/h7-9,11,17H,4-6,10,12H2,1-3H3,(H,18,20). The minimum atomic E-state index is 0.00371. The number of carbonyl (C=O) groups excluding carboxylic acids is 2. The molecule has 0 heterocycles. The van der Waals surface area contributed by atoms with Gasteiger partial charge in [0, 0.05) is 31.9 Å². The van der Waals surface area contributed by atoms with Crippen molar-refractivity contribution in [2.24, 2.45) is 0 Å². The third kappa shape index (κ3) is 6.79. The average molecular weight is 291 g/mol. The van der Waals surface area contributed by atoms with E-state index in [2.05, 4.69) is 17.6 Å². The third-order valence-corrected chi connectivity index (χ3v) is 3.10. The van der Waals surface area contributed by atoms with Crippen molar-refractivity contribution in [2.45, 2.75) is 32.6 Å². The molecule has 1 aromatic carbocycles. The fourth-order valence-electron chi connectivity index (χ4n) is 1.80. The van der Waals surface area contributed by atoms with Gasteiger partial charge in [0.2, 0.25) is 11.8 Å². The summed E-state index contributed by atoms with van der Waals surface area (Å²) in [5, 5.41) is 5.93. The lowest BCUT2D eigenvalue weighted by Crippen LogP contribution is -2.28. The van der Waals surface area contributed by atoms with Gasteiger partial charge in [-0.3, -0.25) is 9.59 Å². The van der Waals surface area contributed by atoms with E-state index in [0.29, 0.717) is 6.42 Å². The predicted molar refractivity (Wildman–Crippen MR) is 86.4 cm³/mol. The van der Waals surface area contributed by atoms with Gasteiger partial charge in [0.05, 0.1) is 6.54 Å². The molecule has 1 aromatic rings. The zero-order chi connectivity index (χ0) is 15.7. The molecule has 5 heteroatoms. The first-order chi connectivity index (χ1) is 10.0. The molecule has 0 aromatic heterocycles. The summed E-state index contributed by atoms with van der Waals surface area (Å²) in [4.78, 5) is 24.8. The largest absolute Gasteiger partial charge is 0.376 e. The van der Waals surface area contributed by atoms with E-state index >= 15 is 0 Å². The van der Waals surface area contributed by atoms with Gasteiger partial charge in [-0.05, 0) is 24.6 Å². The Morgan fingerprint density at radius 2 is 1.86 bits per heavy atom. The summed E-state index contributed by atoms with van der Waals surface area (Å²) >= 11 is 0. The summed E-state index contributed by atoms with van der Waals surface area (Å²) in [5.74, 6) is 0.0361. The van der Waals surface area contributed by atoms with Crippen LogP contribution in [0.15, 0.2) is 24.3 Å². The second-order valence-electron chi connectivity index (χ2n) is 5.23. The highest BCUT2D eigenvalue weighted by atomic mass is 16.2. The van der Waals surface area contributed by atoms with Crippen LogP contribution in [0.3, 0.4) is 0 Å². The Bertz CT molecular complexity index is 472. The van der Waals surface area contributed by atoms with E-state index in [4.69, 9.17) is 0 Å². The minimum Gasteiger partial charge on any atom is -0.376 e. The molecule has 0 unspecified atom stereocenters. The first-order valence-corrected chi connectivity index (χ1v) is 7.37. The van der Waals surface area contributed by atoms with E-state index < -0.39 is 0 Å². The third-order valence-electron chi connectivity index (χ3n) is 3.10. The summed E-state index contributed by atoms with van der Waals surface area (Å²) < 4.78 is 0. The highest BCUT2D eigenvalue weighted by molar-refractivity contribution is 5.91. The molecule has 0 aliphatic carbocycles. The number of carbonyl (C=O) groups is 2. The van der Waals surface area contributed by atoms with Gasteiger partial charge in [0.1, 0.15) is 0 Å². The molecule has 0 radical (unpaired) electrons. The fourth-order valence-corrected chi connectivity index (χ4v) is 1.80. The van der Waals surface area contributed by atoms with Crippen molar-refractivity contribution in [2.75, 3.05) is 31.3 Å². The SMILES string of the molecule is CCCCCC(=O)Nc1cccc(NCC(=O)N(C)C)c1. The van der Waals surface area contributed by atoms with Crippen LogP contribution in [0.4, 0.5) is 11.4 Å². The normalized spacial score (nSPS) is 10.0. The highest BCUT2D eigenvalue weighted by Crippen LogP contribution is 2.15. The van der Waals surface area contributed by atoms with E-state index in [1.165, 1.54) is 4.90 Å². The molecule has 1 rings (SSSR count). The van der Waals surface area contributed by atoms with Crippen molar-refractivity contribution < 1.29 is 9.59 Å². The molecule has 21 heavy (non-hydrogen) atoms. The van der Waals surface area contributed by atoms with Gasteiger partial charge in [-0.15, -0.1) is 0 Å². The highest BCUT2D eigenvalue weighted by Gasteiger charge is 2.05. The van der Waals surface area contributed by atoms with Crippen molar-refractivity contribution in [3.63, 3.8) is 0 Å². The molecular formula is C16H25N3O2. The zero-order valence-corrected chi connectivity index (χ0v) is 13.1. The minimum absolute atomic E-state index is 0.00371. The van der Waals surface area contributed by atoms with Crippen LogP contribution >= 0.6 is 0 Å². The van der Waals surface area contributed by atoms with Gasteiger partial charge < -0.3 is 15.5 Å². The molecule has 0 aliphatic heterocycles. The number of amides is 2. The summed E-state index contributed by atoms with van der Waals surface area (Å²) in [6, 6.07) is 7.40. The molecule has 0 aliphatic rings. The second kappa shape index (κ2) is 9.00. The van der Waals surface area contributed by atoms with Crippen molar-refractivity contribution in [1.82, 2.24) is 4.90 Å². The van der Waals surface area contributed by atoms with Crippen LogP contribution in [0.2, 0.25) is 0 Å². The van der Waals surface area contributed by atoms with Crippen LogP contribution in [0, 0.1) is 0 Å². The Morgan fingerprint density at radius 3 is 2.52 bits per heavy atom. The molecule has 0 saturated carbocycles. The average Bonchev–Trinajstić information content (AvgIpc) is 2.45. The Morgan fingerprint density at radius 1 is 1.14 bits per heavy atom. The van der Waals surface area contributed by atoms with Crippen molar-refractivity contribution in [3.8, 4) is 0 Å². The molecule has 0 spiro atoms. The number of rotatable bonds is 8.